The van der Waals surface area contributed by atoms with Crippen LogP contribution in [0.3, 0.4) is 0 Å². The van der Waals surface area contributed by atoms with Gasteiger partial charge in [0.25, 0.3) is 0 Å². The third-order valence-electron chi connectivity index (χ3n) is 4.58. The average Bonchev–Trinajstić information content (AvgIpc) is 2.81. The molecule has 0 aliphatic heterocycles. The first-order valence-electron chi connectivity index (χ1n) is 12.2. The third kappa shape index (κ3) is 16.2. The van der Waals surface area contributed by atoms with Crippen molar-refractivity contribution in [2.24, 2.45) is 17.4 Å². The maximum Gasteiger partial charge on any atom is 0.408 e. The Hall–Kier alpha value is -3.14. The Morgan fingerprint density at radius 2 is 1.60 bits per heavy atom. The van der Waals surface area contributed by atoms with Crippen LogP contribution >= 0.6 is 0 Å². The quantitative estimate of drug-likeness (QED) is 0.248. The predicted molar refractivity (Wildman–Crippen MR) is 136 cm³/mol. The molecule has 0 fully saturated rings. The van der Waals surface area contributed by atoms with Gasteiger partial charge in [-0.3, -0.25) is 14.4 Å². The van der Waals surface area contributed by atoms with Crippen molar-refractivity contribution in [2.75, 3.05) is 13.1 Å². The lowest BCUT2D eigenvalue weighted by atomic mass is 10.0. The number of carbonyl (C=O) groups excluding carboxylic acids is 4. The Morgan fingerprint density at radius 1 is 0.971 bits per heavy atom. The molecule has 7 N–H and O–H groups in total. The minimum atomic E-state index is -0.889. The van der Waals surface area contributed by atoms with Crippen molar-refractivity contribution in [1.29, 1.82) is 0 Å². The Bertz CT molecular complexity index is 758. The van der Waals surface area contributed by atoms with Crippen LogP contribution in [0.4, 0.5) is 4.79 Å². The number of ether oxygens (including phenoxy) is 1. The molecule has 4 amide bonds. The second kappa shape index (κ2) is 19.2. The first-order valence-corrected chi connectivity index (χ1v) is 12.2. The number of amides is 4. The first-order chi connectivity index (χ1) is 16.6. The molecule has 0 aliphatic rings. The number of hydrogen-bond acceptors (Lipinski definition) is 6. The van der Waals surface area contributed by atoms with Crippen molar-refractivity contribution in [3.63, 3.8) is 0 Å². The summed E-state index contributed by atoms with van der Waals surface area (Å²) in [5.74, 6) is -1.57. The van der Waals surface area contributed by atoms with Crippen LogP contribution < -0.4 is 27.4 Å². The van der Waals surface area contributed by atoms with Crippen LogP contribution in [0.15, 0.2) is 30.3 Å². The van der Waals surface area contributed by atoms with Crippen LogP contribution in [-0.4, -0.2) is 49.0 Å². The van der Waals surface area contributed by atoms with Gasteiger partial charge < -0.3 is 32.2 Å². The zero-order valence-electron chi connectivity index (χ0n) is 21.5. The second-order valence-electron chi connectivity index (χ2n) is 8.62. The van der Waals surface area contributed by atoms with Crippen molar-refractivity contribution >= 4 is 23.8 Å². The summed E-state index contributed by atoms with van der Waals surface area (Å²) in [4.78, 5) is 48.4. The fourth-order valence-corrected chi connectivity index (χ4v) is 2.92. The Kier molecular flexibility index (Phi) is 17.5. The maximum absolute atomic E-state index is 12.6. The second-order valence-corrected chi connectivity index (χ2v) is 8.62. The van der Waals surface area contributed by atoms with Gasteiger partial charge in [-0.05, 0) is 43.7 Å². The Morgan fingerprint density at radius 3 is 2.14 bits per heavy atom. The molecular formula is C25H43N5O5. The molecule has 0 saturated heterocycles. The molecule has 10 nitrogen and oxygen atoms in total. The zero-order valence-corrected chi connectivity index (χ0v) is 21.5. The van der Waals surface area contributed by atoms with Gasteiger partial charge in [0.05, 0.1) is 6.54 Å². The van der Waals surface area contributed by atoms with Gasteiger partial charge in [0.1, 0.15) is 18.7 Å². The maximum atomic E-state index is 12.6. The molecule has 10 heteroatoms. The molecule has 0 saturated carbocycles. The van der Waals surface area contributed by atoms with Crippen LogP contribution in [0.2, 0.25) is 0 Å². The van der Waals surface area contributed by atoms with Gasteiger partial charge in [0.15, 0.2) is 0 Å². The fraction of sp³-hybridized carbons (Fsp3) is 0.600. The molecule has 0 heterocycles. The summed E-state index contributed by atoms with van der Waals surface area (Å²) in [5, 5.41) is 7.53. The third-order valence-corrected chi connectivity index (χ3v) is 4.58. The summed E-state index contributed by atoms with van der Waals surface area (Å²) < 4.78 is 5.17. The molecule has 1 rings (SSSR count). The number of rotatable bonds is 14. The minimum Gasteiger partial charge on any atom is -0.445 e. The van der Waals surface area contributed by atoms with E-state index in [4.69, 9.17) is 16.2 Å². The summed E-state index contributed by atoms with van der Waals surface area (Å²) >= 11 is 0. The van der Waals surface area contributed by atoms with Crippen LogP contribution in [0.1, 0.15) is 65.4 Å². The Labute approximate surface area is 208 Å². The number of alkyl carbamates (subject to hydrolysis) is 1. The van der Waals surface area contributed by atoms with E-state index in [0.29, 0.717) is 32.2 Å². The summed E-state index contributed by atoms with van der Waals surface area (Å²) in [7, 11) is 0. The molecule has 0 aromatic heterocycles. The smallest absolute Gasteiger partial charge is 0.408 e. The van der Waals surface area contributed by atoms with E-state index >= 15 is 0 Å². The van der Waals surface area contributed by atoms with Crippen molar-refractivity contribution in [3.8, 4) is 0 Å². The molecular weight excluding hydrogens is 450 g/mol. The lowest BCUT2D eigenvalue weighted by Gasteiger charge is -2.20. The molecule has 1 aromatic carbocycles. The predicted octanol–water partition coefficient (Wildman–Crippen LogP) is 1.96. The van der Waals surface area contributed by atoms with E-state index in [2.05, 4.69) is 29.8 Å². The molecule has 198 valence electrons. The van der Waals surface area contributed by atoms with Gasteiger partial charge in [-0.1, -0.05) is 64.4 Å². The number of primary amides is 1. The highest BCUT2D eigenvalue weighted by Gasteiger charge is 2.23. The topological polar surface area (TPSA) is 166 Å². The standard InChI is InChI=1S/C22H35N5O5.C3H8/c1-15(2)12-18(20(24)29)26-19(28)13-25-21(30)17(10-6-7-11-23)27-22(31)32-14-16-8-4-3-5-9-16;1-3-2/h3-5,8-9,15,17-18H,6-7,10-14,23H2,1-2H3,(H2,24,29)(H,25,30)(H,26,28)(H,27,31);3H2,1-2H3. The first kappa shape index (κ1) is 31.9. The molecule has 2 unspecified atom stereocenters. The summed E-state index contributed by atoms with van der Waals surface area (Å²) in [5.41, 5.74) is 11.6. The zero-order chi connectivity index (χ0) is 26.6. The van der Waals surface area contributed by atoms with E-state index in [1.807, 2.05) is 44.2 Å². The van der Waals surface area contributed by atoms with E-state index < -0.39 is 35.9 Å². The lowest BCUT2D eigenvalue weighted by molar-refractivity contribution is -0.129. The van der Waals surface area contributed by atoms with E-state index in [1.54, 1.807) is 0 Å². The van der Waals surface area contributed by atoms with Crippen LogP contribution in [0.25, 0.3) is 0 Å². The van der Waals surface area contributed by atoms with Gasteiger partial charge in [-0.25, -0.2) is 4.79 Å². The molecule has 0 aliphatic carbocycles. The largest absolute Gasteiger partial charge is 0.445 e. The average molecular weight is 494 g/mol. The highest BCUT2D eigenvalue weighted by Crippen LogP contribution is 2.05. The van der Waals surface area contributed by atoms with E-state index in [-0.39, 0.29) is 19.1 Å². The van der Waals surface area contributed by atoms with Gasteiger partial charge in [0, 0.05) is 0 Å². The van der Waals surface area contributed by atoms with Gasteiger partial charge in [-0.2, -0.15) is 0 Å². The number of carbonyl (C=O) groups is 4. The summed E-state index contributed by atoms with van der Waals surface area (Å²) in [6, 6.07) is 7.44. The SMILES string of the molecule is CC(C)CC(NC(=O)CNC(=O)C(CCCCN)NC(=O)OCc1ccccc1)C(N)=O.CCC. The van der Waals surface area contributed by atoms with Gasteiger partial charge in [0.2, 0.25) is 17.7 Å². The minimum absolute atomic E-state index is 0.0660. The van der Waals surface area contributed by atoms with Crippen molar-refractivity contribution < 1.29 is 23.9 Å². The molecule has 0 radical (unpaired) electrons. The monoisotopic (exact) mass is 493 g/mol. The van der Waals surface area contributed by atoms with Gasteiger partial charge >= 0.3 is 6.09 Å². The van der Waals surface area contributed by atoms with Crippen molar-refractivity contribution in [1.82, 2.24) is 16.0 Å². The van der Waals surface area contributed by atoms with Crippen LogP contribution in [0, 0.1) is 5.92 Å². The van der Waals surface area contributed by atoms with E-state index in [1.165, 1.54) is 6.42 Å². The lowest BCUT2D eigenvalue weighted by Crippen LogP contribution is -2.51. The molecule has 1 aromatic rings. The number of benzene rings is 1. The van der Waals surface area contributed by atoms with Crippen LogP contribution in [0.5, 0.6) is 0 Å². The van der Waals surface area contributed by atoms with E-state index in [9.17, 15) is 19.2 Å². The van der Waals surface area contributed by atoms with Crippen LogP contribution in [-0.2, 0) is 25.7 Å². The molecule has 2 atom stereocenters. The highest BCUT2D eigenvalue weighted by molar-refractivity contribution is 5.91. The van der Waals surface area contributed by atoms with Crippen molar-refractivity contribution in [3.05, 3.63) is 35.9 Å². The van der Waals surface area contributed by atoms with Crippen molar-refractivity contribution in [2.45, 2.75) is 78.5 Å². The Balaban J connectivity index is 0.00000365. The molecule has 35 heavy (non-hydrogen) atoms. The number of nitrogens with one attached hydrogen (secondary N) is 3. The number of hydrogen-bond donors (Lipinski definition) is 5. The van der Waals surface area contributed by atoms with Gasteiger partial charge in [-0.15, -0.1) is 0 Å². The fourth-order valence-electron chi connectivity index (χ4n) is 2.92. The number of nitrogens with two attached hydrogens (primary N) is 2. The van der Waals surface area contributed by atoms with E-state index in [0.717, 1.165) is 5.56 Å². The summed E-state index contributed by atoms with van der Waals surface area (Å²) in [6.45, 7) is 8.22. The normalized spacial score (nSPS) is 11.9. The summed E-state index contributed by atoms with van der Waals surface area (Å²) in [6.07, 6.45) is 2.53. The molecule has 0 bridgehead atoms. The highest BCUT2D eigenvalue weighted by atomic mass is 16.5. The number of unbranched alkanes of at least 4 members (excludes halogenated alkanes) is 1. The molecule has 0 spiro atoms.